The number of pyridine rings is 1. The van der Waals surface area contributed by atoms with E-state index >= 15 is 0 Å². The van der Waals surface area contributed by atoms with E-state index in [2.05, 4.69) is 20.3 Å². The van der Waals surface area contributed by atoms with E-state index in [9.17, 15) is 4.39 Å². The standard InChI is InChI=1S/C16H10FN5S/c17-13-5-3-11(4-6-13)15-10-23-16(19-15)22-9-14(20-21-22)12-2-1-7-18-8-12/h1-10H. The highest BCUT2D eigenvalue weighted by atomic mass is 32.1. The second-order valence-corrected chi connectivity index (χ2v) is 5.65. The molecular weight excluding hydrogens is 313 g/mol. The summed E-state index contributed by atoms with van der Waals surface area (Å²) >= 11 is 1.45. The van der Waals surface area contributed by atoms with Crippen LogP contribution in [0.3, 0.4) is 0 Å². The minimum Gasteiger partial charge on any atom is -0.264 e. The molecule has 0 saturated heterocycles. The fourth-order valence-electron chi connectivity index (χ4n) is 2.13. The molecule has 112 valence electrons. The van der Waals surface area contributed by atoms with Crippen molar-refractivity contribution in [1.82, 2.24) is 25.0 Å². The van der Waals surface area contributed by atoms with Gasteiger partial charge in [0.05, 0.1) is 11.9 Å². The highest BCUT2D eigenvalue weighted by Crippen LogP contribution is 2.25. The predicted octanol–water partition coefficient (Wildman–Crippen LogP) is 3.59. The summed E-state index contributed by atoms with van der Waals surface area (Å²) in [6.45, 7) is 0. The molecule has 0 unspecified atom stereocenters. The molecule has 7 heteroatoms. The Kier molecular flexibility index (Phi) is 3.39. The molecule has 5 nitrogen and oxygen atoms in total. The van der Waals surface area contributed by atoms with Crippen LogP contribution in [0.2, 0.25) is 0 Å². The van der Waals surface area contributed by atoms with Gasteiger partial charge in [0.1, 0.15) is 11.5 Å². The van der Waals surface area contributed by atoms with Gasteiger partial charge in [-0.2, -0.15) is 4.68 Å². The number of rotatable bonds is 3. The summed E-state index contributed by atoms with van der Waals surface area (Å²) in [7, 11) is 0. The third-order valence-corrected chi connectivity index (χ3v) is 4.11. The fourth-order valence-corrected chi connectivity index (χ4v) is 2.88. The predicted molar refractivity (Wildman–Crippen MR) is 85.7 cm³/mol. The first-order valence-corrected chi connectivity index (χ1v) is 7.72. The second-order valence-electron chi connectivity index (χ2n) is 4.81. The lowest BCUT2D eigenvalue weighted by Crippen LogP contribution is -1.93. The summed E-state index contributed by atoms with van der Waals surface area (Å²) in [6, 6.07) is 10.0. The number of benzene rings is 1. The van der Waals surface area contributed by atoms with Gasteiger partial charge in [-0.25, -0.2) is 9.37 Å². The van der Waals surface area contributed by atoms with Crippen LogP contribution in [0.15, 0.2) is 60.4 Å². The van der Waals surface area contributed by atoms with E-state index in [0.717, 1.165) is 22.5 Å². The molecule has 0 aliphatic heterocycles. The van der Waals surface area contributed by atoms with E-state index in [0.29, 0.717) is 5.13 Å². The van der Waals surface area contributed by atoms with Crippen LogP contribution in [0.1, 0.15) is 0 Å². The zero-order valence-electron chi connectivity index (χ0n) is 11.8. The molecular formula is C16H10FN5S. The molecule has 0 spiro atoms. The van der Waals surface area contributed by atoms with Crippen LogP contribution >= 0.6 is 11.3 Å². The normalized spacial score (nSPS) is 10.8. The van der Waals surface area contributed by atoms with Crippen LogP contribution in [-0.2, 0) is 0 Å². The monoisotopic (exact) mass is 323 g/mol. The van der Waals surface area contributed by atoms with Crippen molar-refractivity contribution in [2.24, 2.45) is 0 Å². The van der Waals surface area contributed by atoms with Crippen LogP contribution in [0.5, 0.6) is 0 Å². The summed E-state index contributed by atoms with van der Waals surface area (Å²) in [4.78, 5) is 8.60. The van der Waals surface area contributed by atoms with Crippen molar-refractivity contribution < 1.29 is 4.39 Å². The maximum absolute atomic E-state index is 13.0. The Morgan fingerprint density at radius 3 is 2.65 bits per heavy atom. The summed E-state index contributed by atoms with van der Waals surface area (Å²) in [5, 5.41) is 10.9. The lowest BCUT2D eigenvalue weighted by molar-refractivity contribution is 0.628. The number of thiazole rings is 1. The topological polar surface area (TPSA) is 56.5 Å². The first-order valence-electron chi connectivity index (χ1n) is 6.84. The van der Waals surface area contributed by atoms with Crippen molar-refractivity contribution in [1.29, 1.82) is 0 Å². The minimum absolute atomic E-state index is 0.262. The van der Waals surface area contributed by atoms with Crippen molar-refractivity contribution in [2.45, 2.75) is 0 Å². The van der Waals surface area contributed by atoms with E-state index in [1.807, 2.05) is 23.7 Å². The van der Waals surface area contributed by atoms with Crippen molar-refractivity contribution >= 4 is 11.3 Å². The van der Waals surface area contributed by atoms with Gasteiger partial charge < -0.3 is 0 Å². The first kappa shape index (κ1) is 13.7. The SMILES string of the molecule is Fc1ccc(-c2csc(-n3cc(-c4cccnc4)nn3)n2)cc1. The molecule has 0 aliphatic rings. The molecule has 0 atom stereocenters. The Hall–Kier alpha value is -2.93. The Labute approximate surface area is 135 Å². The van der Waals surface area contributed by atoms with Crippen molar-refractivity contribution in [3.8, 4) is 27.6 Å². The molecule has 23 heavy (non-hydrogen) atoms. The summed E-state index contributed by atoms with van der Waals surface area (Å²) in [5.74, 6) is -0.262. The molecule has 3 heterocycles. The van der Waals surface area contributed by atoms with Crippen LogP contribution in [-0.4, -0.2) is 25.0 Å². The lowest BCUT2D eigenvalue weighted by atomic mass is 10.2. The maximum Gasteiger partial charge on any atom is 0.212 e. The molecule has 3 aromatic heterocycles. The van der Waals surface area contributed by atoms with Crippen LogP contribution in [0.4, 0.5) is 4.39 Å². The smallest absolute Gasteiger partial charge is 0.212 e. The van der Waals surface area contributed by atoms with Crippen LogP contribution in [0, 0.1) is 5.82 Å². The molecule has 4 rings (SSSR count). The number of aromatic nitrogens is 5. The number of nitrogens with zero attached hydrogens (tertiary/aromatic N) is 5. The van der Waals surface area contributed by atoms with E-state index < -0.39 is 0 Å². The third-order valence-electron chi connectivity index (χ3n) is 3.28. The van der Waals surface area contributed by atoms with Gasteiger partial charge in [-0.3, -0.25) is 4.98 Å². The quantitative estimate of drug-likeness (QED) is 0.578. The largest absolute Gasteiger partial charge is 0.264 e. The molecule has 0 N–H and O–H groups in total. The van der Waals surface area contributed by atoms with E-state index in [4.69, 9.17) is 0 Å². The van der Waals surface area contributed by atoms with Gasteiger partial charge >= 0.3 is 0 Å². The average Bonchev–Trinajstić information content (AvgIpc) is 3.26. The van der Waals surface area contributed by atoms with Gasteiger partial charge in [0, 0.05) is 28.9 Å². The molecule has 0 radical (unpaired) electrons. The molecule has 0 amide bonds. The first-order chi connectivity index (χ1) is 11.3. The highest BCUT2D eigenvalue weighted by Gasteiger charge is 2.10. The fraction of sp³-hybridized carbons (Fsp3) is 0. The Morgan fingerprint density at radius 1 is 1.00 bits per heavy atom. The Bertz CT molecular complexity index is 931. The van der Waals surface area contributed by atoms with Gasteiger partial charge in [0.2, 0.25) is 5.13 Å². The van der Waals surface area contributed by atoms with Crippen LogP contribution in [0.25, 0.3) is 27.6 Å². The number of hydrogen-bond acceptors (Lipinski definition) is 5. The van der Waals surface area contributed by atoms with E-state index in [-0.39, 0.29) is 5.82 Å². The molecule has 0 fully saturated rings. The molecule has 0 saturated carbocycles. The van der Waals surface area contributed by atoms with Gasteiger partial charge in [0.25, 0.3) is 0 Å². The average molecular weight is 323 g/mol. The van der Waals surface area contributed by atoms with Gasteiger partial charge in [0.15, 0.2) is 0 Å². The number of halogens is 1. The van der Waals surface area contributed by atoms with E-state index in [1.165, 1.54) is 23.5 Å². The Balaban J connectivity index is 1.65. The number of hydrogen-bond donors (Lipinski definition) is 0. The summed E-state index contributed by atoms with van der Waals surface area (Å²) in [5.41, 5.74) is 3.27. The second kappa shape index (κ2) is 5.69. The maximum atomic E-state index is 13.0. The van der Waals surface area contributed by atoms with Gasteiger partial charge in [-0.05, 0) is 36.4 Å². The van der Waals surface area contributed by atoms with Crippen molar-refractivity contribution in [3.05, 3.63) is 66.2 Å². The van der Waals surface area contributed by atoms with Crippen LogP contribution < -0.4 is 0 Å². The van der Waals surface area contributed by atoms with Gasteiger partial charge in [-0.1, -0.05) is 5.21 Å². The zero-order valence-corrected chi connectivity index (χ0v) is 12.6. The molecule has 0 aliphatic carbocycles. The van der Waals surface area contributed by atoms with Gasteiger partial charge in [-0.15, -0.1) is 16.4 Å². The summed E-state index contributed by atoms with van der Waals surface area (Å²) in [6.07, 6.45) is 5.26. The molecule has 1 aromatic carbocycles. The molecule has 0 bridgehead atoms. The van der Waals surface area contributed by atoms with E-state index in [1.54, 1.807) is 29.2 Å². The highest BCUT2D eigenvalue weighted by molar-refractivity contribution is 7.12. The van der Waals surface area contributed by atoms with Crippen molar-refractivity contribution in [3.63, 3.8) is 0 Å². The Morgan fingerprint density at radius 2 is 1.87 bits per heavy atom. The minimum atomic E-state index is -0.262. The zero-order chi connectivity index (χ0) is 15.6. The van der Waals surface area contributed by atoms with Crippen molar-refractivity contribution in [2.75, 3.05) is 0 Å². The summed E-state index contributed by atoms with van der Waals surface area (Å²) < 4.78 is 14.6. The molecule has 4 aromatic rings. The lowest BCUT2D eigenvalue weighted by Gasteiger charge is -1.96. The third kappa shape index (κ3) is 2.74.